The van der Waals surface area contributed by atoms with Crippen molar-refractivity contribution in [2.24, 2.45) is 0 Å². The van der Waals surface area contributed by atoms with Crippen LogP contribution in [0.4, 0.5) is 0 Å². The molecule has 0 saturated heterocycles. The number of hydrogen-bond acceptors (Lipinski definition) is 3. The van der Waals surface area contributed by atoms with Crippen LogP contribution in [0.25, 0.3) is 6.08 Å². The molecule has 1 rings (SSSR count). The first-order valence-corrected chi connectivity index (χ1v) is 4.08. The highest BCUT2D eigenvalue weighted by Crippen LogP contribution is 2.37. The summed E-state index contributed by atoms with van der Waals surface area (Å²) in [6.07, 6.45) is 3.73. The molecule has 0 aliphatic carbocycles. The lowest BCUT2D eigenvalue weighted by molar-refractivity contribution is 0.356. The Labute approximate surface area is 78.0 Å². The summed E-state index contributed by atoms with van der Waals surface area (Å²) < 4.78 is 15.7. The van der Waals surface area contributed by atoms with E-state index in [-0.39, 0.29) is 0 Å². The Morgan fingerprint density at radius 1 is 1.15 bits per heavy atom. The van der Waals surface area contributed by atoms with Gasteiger partial charge in [0.1, 0.15) is 5.76 Å². The maximum Gasteiger partial charge on any atom is 0.207 e. The first-order valence-electron chi connectivity index (χ1n) is 4.08. The standard InChI is InChI=1S/C10H14O3/c1-5-6-8-10(12-4)9(11-3)7(2)13-8/h5-6H,1-4H3/b6-5+. The third-order valence-corrected chi connectivity index (χ3v) is 1.74. The first-order chi connectivity index (χ1) is 6.24. The van der Waals surface area contributed by atoms with Gasteiger partial charge in [-0.05, 0) is 19.9 Å². The molecule has 0 aliphatic rings. The summed E-state index contributed by atoms with van der Waals surface area (Å²) in [5, 5.41) is 0. The van der Waals surface area contributed by atoms with Crippen molar-refractivity contribution >= 4 is 6.08 Å². The van der Waals surface area contributed by atoms with Crippen LogP contribution in [0.3, 0.4) is 0 Å². The monoisotopic (exact) mass is 182 g/mol. The molecule has 3 heteroatoms. The molecule has 0 aliphatic heterocycles. The zero-order chi connectivity index (χ0) is 9.84. The smallest absolute Gasteiger partial charge is 0.207 e. The van der Waals surface area contributed by atoms with E-state index in [9.17, 15) is 0 Å². The lowest BCUT2D eigenvalue weighted by atomic mass is 10.3. The van der Waals surface area contributed by atoms with Gasteiger partial charge in [0.25, 0.3) is 0 Å². The van der Waals surface area contributed by atoms with E-state index >= 15 is 0 Å². The molecule has 0 radical (unpaired) electrons. The molecule has 1 aromatic rings. The van der Waals surface area contributed by atoms with Crippen molar-refractivity contribution in [3.8, 4) is 11.5 Å². The Kier molecular flexibility index (Phi) is 3.01. The van der Waals surface area contributed by atoms with Crippen LogP contribution in [0.2, 0.25) is 0 Å². The van der Waals surface area contributed by atoms with Crippen molar-refractivity contribution in [2.75, 3.05) is 14.2 Å². The molecule has 0 atom stereocenters. The van der Waals surface area contributed by atoms with Crippen LogP contribution in [0.5, 0.6) is 11.5 Å². The van der Waals surface area contributed by atoms with Crippen molar-refractivity contribution in [3.63, 3.8) is 0 Å². The number of hydrogen-bond donors (Lipinski definition) is 0. The Bertz CT molecular complexity index is 310. The molecule has 0 saturated carbocycles. The SMILES string of the molecule is C/C=C/c1oc(C)c(OC)c1OC. The molecule has 0 N–H and O–H groups in total. The van der Waals surface area contributed by atoms with Crippen LogP contribution < -0.4 is 9.47 Å². The topological polar surface area (TPSA) is 31.6 Å². The number of ether oxygens (including phenoxy) is 2. The average molecular weight is 182 g/mol. The van der Waals surface area contributed by atoms with E-state index in [2.05, 4.69) is 0 Å². The van der Waals surface area contributed by atoms with Crippen LogP contribution in [-0.4, -0.2) is 14.2 Å². The summed E-state index contributed by atoms with van der Waals surface area (Å²) in [4.78, 5) is 0. The van der Waals surface area contributed by atoms with Gasteiger partial charge in [-0.25, -0.2) is 0 Å². The quantitative estimate of drug-likeness (QED) is 0.720. The van der Waals surface area contributed by atoms with Crippen molar-refractivity contribution in [1.29, 1.82) is 0 Å². The molecular formula is C10H14O3. The Morgan fingerprint density at radius 3 is 2.23 bits per heavy atom. The maximum absolute atomic E-state index is 5.43. The van der Waals surface area contributed by atoms with E-state index < -0.39 is 0 Å². The molecule has 72 valence electrons. The summed E-state index contributed by atoms with van der Waals surface area (Å²) in [6, 6.07) is 0. The van der Waals surface area contributed by atoms with Crippen molar-refractivity contribution < 1.29 is 13.9 Å². The summed E-state index contributed by atoms with van der Waals surface area (Å²) in [5.41, 5.74) is 0. The molecule has 1 heterocycles. The van der Waals surface area contributed by atoms with E-state index in [1.54, 1.807) is 14.2 Å². The van der Waals surface area contributed by atoms with E-state index in [4.69, 9.17) is 13.9 Å². The van der Waals surface area contributed by atoms with E-state index in [0.717, 1.165) is 5.76 Å². The highest BCUT2D eigenvalue weighted by atomic mass is 16.5. The van der Waals surface area contributed by atoms with Gasteiger partial charge in [0.2, 0.25) is 11.5 Å². The Morgan fingerprint density at radius 2 is 1.77 bits per heavy atom. The zero-order valence-electron chi connectivity index (χ0n) is 8.38. The highest BCUT2D eigenvalue weighted by molar-refractivity contribution is 5.59. The molecule has 13 heavy (non-hydrogen) atoms. The average Bonchev–Trinajstić information content (AvgIpc) is 2.41. The minimum atomic E-state index is 0.651. The second kappa shape index (κ2) is 4.03. The fourth-order valence-corrected chi connectivity index (χ4v) is 1.22. The molecule has 0 bridgehead atoms. The molecule has 0 spiro atoms. The van der Waals surface area contributed by atoms with Gasteiger partial charge in [0.05, 0.1) is 14.2 Å². The molecule has 0 unspecified atom stereocenters. The second-order valence-corrected chi connectivity index (χ2v) is 2.59. The van der Waals surface area contributed by atoms with Crippen LogP contribution in [-0.2, 0) is 0 Å². The predicted octanol–water partition coefficient (Wildman–Crippen LogP) is 2.64. The van der Waals surface area contributed by atoms with E-state index in [0.29, 0.717) is 17.3 Å². The lowest BCUT2D eigenvalue weighted by Gasteiger charge is -2.00. The highest BCUT2D eigenvalue weighted by Gasteiger charge is 2.16. The molecule has 0 amide bonds. The van der Waals surface area contributed by atoms with Gasteiger partial charge in [-0.3, -0.25) is 0 Å². The van der Waals surface area contributed by atoms with E-state index in [1.807, 2.05) is 26.0 Å². The molecule has 0 aromatic carbocycles. The molecule has 0 fully saturated rings. The summed E-state index contributed by atoms with van der Waals surface area (Å²) in [6.45, 7) is 3.76. The molecular weight excluding hydrogens is 168 g/mol. The molecule has 3 nitrogen and oxygen atoms in total. The Balaban J connectivity index is 3.21. The van der Waals surface area contributed by atoms with Crippen molar-refractivity contribution in [1.82, 2.24) is 0 Å². The molecule has 1 aromatic heterocycles. The second-order valence-electron chi connectivity index (χ2n) is 2.59. The van der Waals surface area contributed by atoms with Gasteiger partial charge >= 0.3 is 0 Å². The number of rotatable bonds is 3. The minimum Gasteiger partial charge on any atom is -0.490 e. The van der Waals surface area contributed by atoms with Crippen LogP contribution in [0.1, 0.15) is 18.4 Å². The normalized spacial score (nSPS) is 10.8. The van der Waals surface area contributed by atoms with Gasteiger partial charge in [-0.15, -0.1) is 0 Å². The van der Waals surface area contributed by atoms with Crippen molar-refractivity contribution in [3.05, 3.63) is 17.6 Å². The van der Waals surface area contributed by atoms with Gasteiger partial charge in [0.15, 0.2) is 5.76 Å². The first kappa shape index (κ1) is 9.71. The number of aryl methyl sites for hydroxylation is 1. The van der Waals surface area contributed by atoms with Gasteiger partial charge < -0.3 is 13.9 Å². The van der Waals surface area contributed by atoms with E-state index in [1.165, 1.54) is 0 Å². The van der Waals surface area contributed by atoms with Crippen LogP contribution >= 0.6 is 0 Å². The Hall–Kier alpha value is -1.38. The van der Waals surface area contributed by atoms with Gasteiger partial charge in [-0.2, -0.15) is 0 Å². The minimum absolute atomic E-state index is 0.651. The lowest BCUT2D eigenvalue weighted by Crippen LogP contribution is -1.88. The van der Waals surface area contributed by atoms with Gasteiger partial charge in [0, 0.05) is 0 Å². The summed E-state index contributed by atoms with van der Waals surface area (Å²) in [5.74, 6) is 2.74. The number of methoxy groups -OCH3 is 2. The zero-order valence-corrected chi connectivity index (χ0v) is 8.38. The van der Waals surface area contributed by atoms with Gasteiger partial charge in [-0.1, -0.05) is 6.08 Å². The fraction of sp³-hybridized carbons (Fsp3) is 0.400. The third kappa shape index (κ3) is 1.69. The number of allylic oxidation sites excluding steroid dienone is 1. The summed E-state index contributed by atoms with van der Waals surface area (Å²) in [7, 11) is 3.19. The maximum atomic E-state index is 5.43. The summed E-state index contributed by atoms with van der Waals surface area (Å²) >= 11 is 0. The largest absolute Gasteiger partial charge is 0.490 e. The number of furan rings is 1. The predicted molar refractivity (Wildman–Crippen MR) is 51.3 cm³/mol. The fourth-order valence-electron chi connectivity index (χ4n) is 1.22. The third-order valence-electron chi connectivity index (χ3n) is 1.74. The van der Waals surface area contributed by atoms with Crippen LogP contribution in [0, 0.1) is 6.92 Å². The van der Waals surface area contributed by atoms with Crippen molar-refractivity contribution in [2.45, 2.75) is 13.8 Å². The van der Waals surface area contributed by atoms with Crippen LogP contribution in [0.15, 0.2) is 10.5 Å².